The third kappa shape index (κ3) is 2.89. The van der Waals surface area contributed by atoms with Gasteiger partial charge in [0, 0.05) is 28.8 Å². The molecule has 0 bridgehead atoms. The SMILES string of the molecule is O=C(Nc1ccc2c(c1)Cc1c(-c3ccccc3)n[nH]c1-2)c1cccc(F)c1F. The maximum absolute atomic E-state index is 13.9. The van der Waals surface area contributed by atoms with Crippen molar-refractivity contribution < 1.29 is 13.6 Å². The van der Waals surface area contributed by atoms with Gasteiger partial charge in [0.25, 0.3) is 5.91 Å². The summed E-state index contributed by atoms with van der Waals surface area (Å²) in [4.78, 5) is 12.4. The highest BCUT2D eigenvalue weighted by molar-refractivity contribution is 6.04. The van der Waals surface area contributed by atoms with E-state index in [1.807, 2.05) is 42.5 Å². The minimum atomic E-state index is -1.15. The van der Waals surface area contributed by atoms with Crippen LogP contribution in [0, 0.1) is 11.6 Å². The van der Waals surface area contributed by atoms with E-state index in [0.29, 0.717) is 12.1 Å². The van der Waals surface area contributed by atoms with Gasteiger partial charge in [0.2, 0.25) is 0 Å². The number of nitrogens with zero attached hydrogens (tertiary/aromatic N) is 1. The third-order valence-electron chi connectivity index (χ3n) is 5.11. The zero-order valence-corrected chi connectivity index (χ0v) is 15.2. The first kappa shape index (κ1) is 17.3. The van der Waals surface area contributed by atoms with Crippen molar-refractivity contribution in [3.05, 3.63) is 95.1 Å². The molecule has 0 aliphatic heterocycles. The summed E-state index contributed by atoms with van der Waals surface area (Å²) in [5, 5.41) is 10.2. The molecular weight excluding hydrogens is 372 g/mol. The zero-order valence-electron chi connectivity index (χ0n) is 15.2. The van der Waals surface area contributed by atoms with E-state index >= 15 is 0 Å². The number of carbonyl (C=O) groups excluding carboxylic acids is 1. The van der Waals surface area contributed by atoms with Crippen molar-refractivity contribution in [2.45, 2.75) is 6.42 Å². The molecule has 1 heterocycles. The van der Waals surface area contributed by atoms with Gasteiger partial charge >= 0.3 is 0 Å². The molecule has 0 saturated heterocycles. The van der Waals surface area contributed by atoms with Crippen LogP contribution in [0.3, 0.4) is 0 Å². The van der Waals surface area contributed by atoms with Gasteiger partial charge < -0.3 is 5.32 Å². The minimum absolute atomic E-state index is 0.328. The van der Waals surface area contributed by atoms with Gasteiger partial charge in [-0.15, -0.1) is 0 Å². The Morgan fingerprint density at radius 1 is 1.00 bits per heavy atom. The maximum atomic E-state index is 13.9. The van der Waals surface area contributed by atoms with Gasteiger partial charge in [-0.25, -0.2) is 8.78 Å². The molecule has 142 valence electrons. The number of amides is 1. The molecule has 3 aromatic carbocycles. The number of anilines is 1. The summed E-state index contributed by atoms with van der Waals surface area (Å²) >= 11 is 0. The van der Waals surface area contributed by atoms with Crippen LogP contribution in [-0.2, 0) is 6.42 Å². The van der Waals surface area contributed by atoms with Crippen molar-refractivity contribution >= 4 is 11.6 Å². The van der Waals surface area contributed by atoms with Crippen LogP contribution in [0.15, 0.2) is 66.7 Å². The molecule has 2 N–H and O–H groups in total. The fraction of sp³-hybridized carbons (Fsp3) is 0.0435. The van der Waals surface area contributed by atoms with Crippen molar-refractivity contribution in [2.24, 2.45) is 0 Å². The fourth-order valence-electron chi connectivity index (χ4n) is 3.72. The topological polar surface area (TPSA) is 57.8 Å². The highest BCUT2D eigenvalue weighted by Crippen LogP contribution is 2.40. The Labute approximate surface area is 165 Å². The quantitative estimate of drug-likeness (QED) is 0.448. The predicted octanol–water partition coefficient (Wildman–Crippen LogP) is 5.18. The van der Waals surface area contributed by atoms with Gasteiger partial charge in [0.1, 0.15) is 0 Å². The smallest absolute Gasteiger partial charge is 0.258 e. The van der Waals surface area contributed by atoms with Crippen molar-refractivity contribution in [1.82, 2.24) is 10.2 Å². The lowest BCUT2D eigenvalue weighted by atomic mass is 10.1. The number of aromatic amines is 1. The first-order valence-electron chi connectivity index (χ1n) is 9.13. The van der Waals surface area contributed by atoms with Crippen LogP contribution in [0.1, 0.15) is 21.5 Å². The van der Waals surface area contributed by atoms with Gasteiger partial charge in [-0.3, -0.25) is 9.89 Å². The van der Waals surface area contributed by atoms with Gasteiger partial charge in [0.15, 0.2) is 11.6 Å². The van der Waals surface area contributed by atoms with E-state index in [1.165, 1.54) is 12.1 Å². The van der Waals surface area contributed by atoms with E-state index < -0.39 is 17.5 Å². The molecule has 6 heteroatoms. The first-order chi connectivity index (χ1) is 14.1. The molecule has 1 aromatic heterocycles. The van der Waals surface area contributed by atoms with Crippen LogP contribution in [0.25, 0.3) is 22.5 Å². The number of fused-ring (bicyclic) bond motifs is 3. The van der Waals surface area contributed by atoms with Crippen molar-refractivity contribution in [3.8, 4) is 22.5 Å². The molecule has 1 aliphatic carbocycles. The van der Waals surface area contributed by atoms with E-state index in [0.717, 1.165) is 39.7 Å². The molecule has 0 radical (unpaired) electrons. The second-order valence-electron chi connectivity index (χ2n) is 6.90. The van der Waals surface area contributed by atoms with Crippen LogP contribution in [0.2, 0.25) is 0 Å². The molecule has 0 spiro atoms. The Morgan fingerprint density at radius 3 is 2.66 bits per heavy atom. The summed E-state index contributed by atoms with van der Waals surface area (Å²) in [6, 6.07) is 19.0. The number of carbonyl (C=O) groups is 1. The summed E-state index contributed by atoms with van der Waals surface area (Å²) in [7, 11) is 0. The van der Waals surface area contributed by atoms with E-state index in [-0.39, 0.29) is 5.56 Å². The summed E-state index contributed by atoms with van der Waals surface area (Å²) < 4.78 is 27.3. The molecular formula is C23H15F2N3O. The number of hydrogen-bond donors (Lipinski definition) is 2. The molecule has 1 amide bonds. The number of benzene rings is 3. The standard InChI is InChI=1S/C23H15F2N3O/c24-19-8-4-7-17(20(19)25)23(29)26-15-9-10-16-14(11-15)12-18-21(27-28-22(16)18)13-5-2-1-3-6-13/h1-11H,12H2,(H,26,29)(H,27,28). The average Bonchev–Trinajstić information content (AvgIpc) is 3.29. The Kier molecular flexibility index (Phi) is 3.98. The molecule has 4 aromatic rings. The maximum Gasteiger partial charge on any atom is 0.258 e. The molecule has 29 heavy (non-hydrogen) atoms. The lowest BCUT2D eigenvalue weighted by molar-refractivity contribution is 0.102. The normalized spacial score (nSPS) is 11.8. The van der Waals surface area contributed by atoms with Crippen LogP contribution in [0.4, 0.5) is 14.5 Å². The molecule has 0 unspecified atom stereocenters. The van der Waals surface area contributed by atoms with Gasteiger partial charge in [-0.05, 0) is 29.8 Å². The molecule has 0 saturated carbocycles. The monoisotopic (exact) mass is 387 g/mol. The van der Waals surface area contributed by atoms with Gasteiger partial charge in [0.05, 0.1) is 17.0 Å². The summed E-state index contributed by atoms with van der Waals surface area (Å²) in [5.74, 6) is -2.89. The number of rotatable bonds is 3. The number of nitrogens with one attached hydrogen (secondary N) is 2. The van der Waals surface area contributed by atoms with Crippen molar-refractivity contribution in [1.29, 1.82) is 0 Å². The van der Waals surface area contributed by atoms with Crippen LogP contribution in [-0.4, -0.2) is 16.1 Å². The Bertz CT molecular complexity index is 1250. The number of aromatic nitrogens is 2. The second kappa shape index (κ2) is 6.67. The molecule has 5 rings (SSSR count). The van der Waals surface area contributed by atoms with Gasteiger partial charge in [-0.1, -0.05) is 42.5 Å². The molecule has 4 nitrogen and oxygen atoms in total. The average molecular weight is 387 g/mol. The van der Waals surface area contributed by atoms with Crippen LogP contribution >= 0.6 is 0 Å². The number of halogens is 2. The summed E-state index contributed by atoms with van der Waals surface area (Å²) in [6.45, 7) is 0. The second-order valence-corrected chi connectivity index (χ2v) is 6.90. The summed E-state index contributed by atoms with van der Waals surface area (Å²) in [6.07, 6.45) is 0.670. The van der Waals surface area contributed by atoms with E-state index in [1.54, 1.807) is 6.07 Å². The van der Waals surface area contributed by atoms with E-state index in [9.17, 15) is 13.6 Å². The number of H-pyrrole nitrogens is 1. The first-order valence-corrected chi connectivity index (χ1v) is 9.13. The van der Waals surface area contributed by atoms with Crippen LogP contribution < -0.4 is 5.32 Å². The highest BCUT2D eigenvalue weighted by Gasteiger charge is 2.25. The largest absolute Gasteiger partial charge is 0.322 e. The Balaban J connectivity index is 1.43. The van der Waals surface area contributed by atoms with E-state index in [2.05, 4.69) is 15.5 Å². The number of hydrogen-bond acceptors (Lipinski definition) is 2. The highest BCUT2D eigenvalue weighted by atomic mass is 19.2. The lowest BCUT2D eigenvalue weighted by Crippen LogP contribution is -2.14. The minimum Gasteiger partial charge on any atom is -0.322 e. The predicted molar refractivity (Wildman–Crippen MR) is 107 cm³/mol. The third-order valence-corrected chi connectivity index (χ3v) is 5.11. The molecule has 0 atom stereocenters. The summed E-state index contributed by atoms with van der Waals surface area (Å²) in [5.41, 5.74) is 6.26. The van der Waals surface area contributed by atoms with Gasteiger partial charge in [-0.2, -0.15) is 5.10 Å². The molecule has 0 fully saturated rings. The fourth-order valence-corrected chi connectivity index (χ4v) is 3.72. The van der Waals surface area contributed by atoms with Crippen molar-refractivity contribution in [3.63, 3.8) is 0 Å². The Morgan fingerprint density at radius 2 is 1.83 bits per heavy atom. The Hall–Kier alpha value is -3.80. The van der Waals surface area contributed by atoms with Crippen LogP contribution in [0.5, 0.6) is 0 Å². The lowest BCUT2D eigenvalue weighted by Gasteiger charge is -2.08. The molecule has 1 aliphatic rings. The van der Waals surface area contributed by atoms with Crippen molar-refractivity contribution in [2.75, 3.05) is 5.32 Å². The van der Waals surface area contributed by atoms with E-state index in [4.69, 9.17) is 0 Å². The zero-order chi connectivity index (χ0) is 20.0.